The van der Waals surface area contributed by atoms with Gasteiger partial charge in [-0.25, -0.2) is 4.98 Å². The molecule has 1 N–H and O–H groups in total. The van der Waals surface area contributed by atoms with Gasteiger partial charge >= 0.3 is 6.18 Å². The van der Waals surface area contributed by atoms with Crippen LogP contribution in [0.2, 0.25) is 0 Å². The molecular weight excluding hydrogens is 507 g/mol. The number of ketones is 1. The second kappa shape index (κ2) is 10.1. The first kappa shape index (κ1) is 25.0. The third-order valence-corrected chi connectivity index (χ3v) is 7.21. The number of hydrogen-bond donors (Lipinski definition) is 1. The fourth-order valence-electron chi connectivity index (χ4n) is 5.22. The summed E-state index contributed by atoms with van der Waals surface area (Å²) in [4.78, 5) is 26.9. The lowest BCUT2D eigenvalue weighted by molar-refractivity contribution is -0.137. The zero-order chi connectivity index (χ0) is 27.0. The third kappa shape index (κ3) is 5.19. The van der Waals surface area contributed by atoms with E-state index in [-0.39, 0.29) is 11.7 Å². The van der Waals surface area contributed by atoms with Crippen molar-refractivity contribution < 1.29 is 22.4 Å². The molecule has 1 aliphatic carbocycles. The second-order valence-electron chi connectivity index (χ2n) is 9.75. The molecule has 0 saturated carbocycles. The van der Waals surface area contributed by atoms with Gasteiger partial charge < -0.3 is 19.5 Å². The van der Waals surface area contributed by atoms with Crippen molar-refractivity contribution in [3.05, 3.63) is 95.6 Å². The van der Waals surface area contributed by atoms with Crippen molar-refractivity contribution in [3.8, 4) is 0 Å². The number of hydrogen-bond acceptors (Lipinski definition) is 7. The molecule has 0 radical (unpaired) electrons. The minimum atomic E-state index is -4.39. The van der Waals surface area contributed by atoms with Crippen molar-refractivity contribution in [2.45, 2.75) is 24.9 Å². The number of piperazine rings is 1. The van der Waals surface area contributed by atoms with E-state index in [0.29, 0.717) is 67.7 Å². The zero-order valence-corrected chi connectivity index (χ0v) is 21.0. The van der Waals surface area contributed by atoms with Gasteiger partial charge in [-0.1, -0.05) is 24.3 Å². The fraction of sp³-hybridized carbons (Fsp3) is 0.276. The van der Waals surface area contributed by atoms with Crippen LogP contribution in [0.5, 0.6) is 0 Å². The average molecular weight is 534 g/mol. The van der Waals surface area contributed by atoms with Crippen LogP contribution in [0.3, 0.4) is 0 Å². The SMILES string of the molecule is O=C1CC(c2ccco2)Cc2nc(N3CCN(c4cccc(C(F)(F)F)c4)CC3)nc(Nc3ccccc3)c21. The van der Waals surface area contributed by atoms with Gasteiger partial charge in [0.15, 0.2) is 5.78 Å². The van der Waals surface area contributed by atoms with E-state index >= 15 is 0 Å². The molecule has 4 aromatic rings. The summed E-state index contributed by atoms with van der Waals surface area (Å²) in [5.74, 6) is 1.55. The normalized spacial score (nSPS) is 17.7. The summed E-state index contributed by atoms with van der Waals surface area (Å²) in [5, 5.41) is 3.31. The fourth-order valence-corrected chi connectivity index (χ4v) is 5.22. The topological polar surface area (TPSA) is 74.5 Å². The Labute approximate surface area is 223 Å². The van der Waals surface area contributed by atoms with Crippen LogP contribution >= 0.6 is 0 Å². The molecule has 0 bridgehead atoms. The van der Waals surface area contributed by atoms with Crippen LogP contribution in [-0.4, -0.2) is 41.9 Å². The first-order valence-electron chi connectivity index (χ1n) is 12.8. The second-order valence-corrected chi connectivity index (χ2v) is 9.75. The van der Waals surface area contributed by atoms with Gasteiger partial charge in [-0.3, -0.25) is 4.79 Å². The maximum Gasteiger partial charge on any atom is 0.416 e. The van der Waals surface area contributed by atoms with Crippen molar-refractivity contribution in [2.24, 2.45) is 0 Å². The smallest absolute Gasteiger partial charge is 0.416 e. The molecule has 7 nitrogen and oxygen atoms in total. The van der Waals surface area contributed by atoms with E-state index in [0.717, 1.165) is 17.5 Å². The number of Topliss-reactive ketones (excluding diaryl/α,β-unsaturated/α-hetero) is 1. The molecule has 200 valence electrons. The van der Waals surface area contributed by atoms with Crippen molar-refractivity contribution >= 4 is 28.9 Å². The molecule has 1 atom stereocenters. The Morgan fingerprint density at radius 3 is 2.36 bits per heavy atom. The van der Waals surface area contributed by atoms with Crippen LogP contribution in [0.25, 0.3) is 0 Å². The first-order chi connectivity index (χ1) is 18.8. The number of aromatic nitrogens is 2. The summed E-state index contributed by atoms with van der Waals surface area (Å²) >= 11 is 0. The largest absolute Gasteiger partial charge is 0.469 e. The summed E-state index contributed by atoms with van der Waals surface area (Å²) in [5.41, 5.74) is 1.84. The van der Waals surface area contributed by atoms with Crippen molar-refractivity contribution in [2.75, 3.05) is 41.3 Å². The summed E-state index contributed by atoms with van der Waals surface area (Å²) in [7, 11) is 0. The summed E-state index contributed by atoms with van der Waals surface area (Å²) in [6, 6.07) is 18.6. The Kier molecular flexibility index (Phi) is 6.46. The third-order valence-electron chi connectivity index (χ3n) is 7.21. The van der Waals surface area contributed by atoms with Gasteiger partial charge in [-0.2, -0.15) is 18.2 Å². The van der Waals surface area contributed by atoms with Crippen LogP contribution in [0.4, 0.5) is 36.3 Å². The van der Waals surface area contributed by atoms with Gasteiger partial charge in [0.1, 0.15) is 11.6 Å². The highest BCUT2D eigenvalue weighted by Crippen LogP contribution is 2.37. The van der Waals surface area contributed by atoms with E-state index in [9.17, 15) is 18.0 Å². The molecule has 1 saturated heterocycles. The summed E-state index contributed by atoms with van der Waals surface area (Å²) < 4.78 is 45.2. The van der Waals surface area contributed by atoms with E-state index in [4.69, 9.17) is 14.4 Å². The Bertz CT molecular complexity index is 1470. The van der Waals surface area contributed by atoms with Gasteiger partial charge in [0.25, 0.3) is 0 Å². The summed E-state index contributed by atoms with van der Waals surface area (Å²) in [6.45, 7) is 2.07. The van der Waals surface area contributed by atoms with Crippen LogP contribution in [0.15, 0.2) is 77.4 Å². The van der Waals surface area contributed by atoms with Crippen LogP contribution in [0.1, 0.15) is 39.7 Å². The number of rotatable bonds is 5. The maximum atomic E-state index is 13.3. The Balaban J connectivity index is 1.28. The van der Waals surface area contributed by atoms with Crippen LogP contribution < -0.4 is 15.1 Å². The Morgan fingerprint density at radius 1 is 0.872 bits per heavy atom. The standard InChI is InChI=1S/C29H26F3N5O2/c30-29(31,32)20-6-4-9-22(18-20)36-11-13-37(14-12-36)28-34-23-16-19(25-10-5-15-39-25)17-24(38)26(23)27(35-28)33-21-7-2-1-3-8-21/h1-10,15,18-19H,11-14,16-17H2,(H,33,34,35). The zero-order valence-electron chi connectivity index (χ0n) is 21.0. The van der Waals surface area contributed by atoms with Crippen molar-refractivity contribution in [1.82, 2.24) is 9.97 Å². The van der Waals surface area contributed by atoms with Gasteiger partial charge in [-0.05, 0) is 42.5 Å². The number of nitrogens with zero attached hydrogens (tertiary/aromatic N) is 4. The molecule has 6 rings (SSSR count). The number of anilines is 4. The number of nitrogens with one attached hydrogen (secondary N) is 1. The van der Waals surface area contributed by atoms with E-state index in [2.05, 4.69) is 5.32 Å². The molecule has 2 aliphatic rings. The van der Waals surface area contributed by atoms with Gasteiger partial charge in [0, 0.05) is 56.3 Å². The minimum Gasteiger partial charge on any atom is -0.469 e. The highest BCUT2D eigenvalue weighted by atomic mass is 19.4. The monoisotopic (exact) mass is 533 g/mol. The number of halogens is 3. The highest BCUT2D eigenvalue weighted by Gasteiger charge is 2.34. The molecule has 1 unspecified atom stereocenters. The molecule has 2 aromatic carbocycles. The number of carbonyl (C=O) groups is 1. The number of furan rings is 1. The van der Waals surface area contributed by atoms with Crippen LogP contribution in [0, 0.1) is 0 Å². The molecule has 3 heterocycles. The summed E-state index contributed by atoms with van der Waals surface area (Å²) in [6.07, 6.45) is -1.94. The quantitative estimate of drug-likeness (QED) is 0.334. The maximum absolute atomic E-state index is 13.3. The number of carbonyl (C=O) groups excluding carboxylic acids is 1. The number of fused-ring (bicyclic) bond motifs is 1. The lowest BCUT2D eigenvalue weighted by Crippen LogP contribution is -2.47. The molecule has 0 amide bonds. The number of para-hydroxylation sites is 1. The Morgan fingerprint density at radius 2 is 1.64 bits per heavy atom. The van der Waals surface area contributed by atoms with E-state index in [1.165, 1.54) is 12.1 Å². The van der Waals surface area contributed by atoms with Crippen molar-refractivity contribution in [3.63, 3.8) is 0 Å². The molecular formula is C29H26F3N5O2. The number of benzene rings is 2. The molecule has 1 aliphatic heterocycles. The minimum absolute atomic E-state index is 0.0444. The van der Waals surface area contributed by atoms with Gasteiger partial charge in [-0.15, -0.1) is 0 Å². The van der Waals surface area contributed by atoms with E-state index in [1.807, 2.05) is 52.3 Å². The van der Waals surface area contributed by atoms with Gasteiger partial charge in [0.05, 0.1) is 23.1 Å². The predicted molar refractivity (Wildman–Crippen MR) is 142 cm³/mol. The van der Waals surface area contributed by atoms with Crippen molar-refractivity contribution in [1.29, 1.82) is 0 Å². The molecule has 10 heteroatoms. The van der Waals surface area contributed by atoms with Crippen LogP contribution in [-0.2, 0) is 12.6 Å². The number of alkyl halides is 3. The molecule has 1 fully saturated rings. The van der Waals surface area contributed by atoms with E-state index in [1.54, 1.807) is 12.3 Å². The first-order valence-corrected chi connectivity index (χ1v) is 12.8. The lowest BCUT2D eigenvalue weighted by Gasteiger charge is -2.37. The molecule has 0 spiro atoms. The highest BCUT2D eigenvalue weighted by molar-refractivity contribution is 6.03. The Hall–Kier alpha value is -4.34. The van der Waals surface area contributed by atoms with E-state index < -0.39 is 11.7 Å². The lowest BCUT2D eigenvalue weighted by atomic mass is 9.84. The van der Waals surface area contributed by atoms with Gasteiger partial charge in [0.2, 0.25) is 5.95 Å². The molecule has 2 aromatic heterocycles. The predicted octanol–water partition coefficient (Wildman–Crippen LogP) is 6.07. The molecule has 39 heavy (non-hydrogen) atoms. The average Bonchev–Trinajstić information content (AvgIpc) is 3.48.